The predicted molar refractivity (Wildman–Crippen MR) is 57.8 cm³/mol. The molecule has 0 saturated carbocycles. The van der Waals surface area contributed by atoms with Gasteiger partial charge in [-0.1, -0.05) is 0 Å². The summed E-state index contributed by atoms with van der Waals surface area (Å²) in [6.45, 7) is -0.104. The Labute approximate surface area is 107 Å². The molecule has 0 aliphatic heterocycles. The minimum absolute atomic E-state index is 0.0548. The number of aromatic nitrogens is 1. The van der Waals surface area contributed by atoms with E-state index in [4.69, 9.17) is 5.14 Å². The van der Waals surface area contributed by atoms with Crippen molar-refractivity contribution >= 4 is 16.0 Å². The van der Waals surface area contributed by atoms with Crippen molar-refractivity contribution in [1.82, 2.24) is 4.57 Å². The summed E-state index contributed by atoms with van der Waals surface area (Å²) >= 11 is 0. The lowest BCUT2D eigenvalue weighted by Gasteiger charge is -2.10. The molecule has 1 aromatic heterocycles. The monoisotopic (exact) mass is 300 g/mol. The van der Waals surface area contributed by atoms with Gasteiger partial charge in [0.1, 0.15) is 17.1 Å². The quantitative estimate of drug-likeness (QED) is 0.835. The topological polar surface area (TPSA) is 91.4 Å². The molecule has 6 nitrogen and oxygen atoms in total. The second-order valence-corrected chi connectivity index (χ2v) is 5.13. The number of nitrogens with zero attached hydrogens (tertiary/aromatic N) is 1. The molecular weight excluding hydrogens is 289 g/mol. The summed E-state index contributed by atoms with van der Waals surface area (Å²) in [6.07, 6.45) is -3.97. The number of alkyl halides is 3. The van der Waals surface area contributed by atoms with Gasteiger partial charge in [-0.2, -0.15) is 13.2 Å². The van der Waals surface area contributed by atoms with Crippen molar-refractivity contribution in [2.24, 2.45) is 5.14 Å². The predicted octanol–water partition coefficient (Wildman–Crippen LogP) is 0.874. The molecule has 0 aliphatic carbocycles. The third-order valence-electron chi connectivity index (χ3n) is 2.03. The molecule has 0 amide bonds. The summed E-state index contributed by atoms with van der Waals surface area (Å²) in [7, 11) is -4.20. The summed E-state index contributed by atoms with van der Waals surface area (Å²) in [5.41, 5.74) is -0.525. The zero-order valence-electron chi connectivity index (χ0n) is 9.77. The van der Waals surface area contributed by atoms with Gasteiger partial charge in [-0.3, -0.25) is 0 Å². The normalized spacial score (nSPS) is 12.5. The summed E-state index contributed by atoms with van der Waals surface area (Å²) in [5.74, 6) is -1.05. The van der Waals surface area contributed by atoms with Crippen LogP contribution in [0.5, 0.6) is 0 Å². The highest BCUT2D eigenvalue weighted by Gasteiger charge is 2.31. The molecule has 0 radical (unpaired) electrons. The van der Waals surface area contributed by atoms with E-state index in [-0.39, 0.29) is 6.61 Å². The minimum atomic E-state index is -4.62. The number of hydrogen-bond acceptors (Lipinski definition) is 4. The number of rotatable bonds is 4. The van der Waals surface area contributed by atoms with Gasteiger partial charge in [0.15, 0.2) is 0 Å². The lowest BCUT2D eigenvalue weighted by molar-refractivity contribution is -0.140. The highest BCUT2D eigenvalue weighted by Crippen LogP contribution is 2.22. The molecular formula is C9H11F3N2O4S. The van der Waals surface area contributed by atoms with E-state index in [0.717, 1.165) is 6.07 Å². The van der Waals surface area contributed by atoms with E-state index >= 15 is 0 Å². The maximum absolute atomic E-state index is 12.3. The number of esters is 1. The first-order chi connectivity index (χ1) is 8.54. The van der Waals surface area contributed by atoms with E-state index < -0.39 is 39.3 Å². The molecule has 0 bridgehead atoms. The molecule has 0 aliphatic rings. The van der Waals surface area contributed by atoms with Crippen LogP contribution >= 0.6 is 0 Å². The molecule has 108 valence electrons. The number of carbonyl (C=O) groups excluding carboxylic acids is 1. The molecule has 2 N–H and O–H groups in total. The first kappa shape index (κ1) is 15.5. The SMILES string of the molecule is CCOC(=O)c1cc(S(N)(=O)=O)cn1CC(F)(F)F. The number of halogens is 3. The molecule has 0 aromatic carbocycles. The minimum Gasteiger partial charge on any atom is -0.461 e. The van der Waals surface area contributed by atoms with Crippen molar-refractivity contribution in [3.63, 3.8) is 0 Å². The average Bonchev–Trinajstić information content (AvgIpc) is 2.58. The van der Waals surface area contributed by atoms with Crippen molar-refractivity contribution in [2.75, 3.05) is 6.61 Å². The Hall–Kier alpha value is -1.55. The second-order valence-electron chi connectivity index (χ2n) is 3.57. The number of ether oxygens (including phenoxy) is 1. The third kappa shape index (κ3) is 4.24. The molecule has 1 aromatic rings. The molecule has 10 heteroatoms. The third-order valence-corrected chi connectivity index (χ3v) is 2.91. The van der Waals surface area contributed by atoms with Gasteiger partial charge in [-0.05, 0) is 13.0 Å². The van der Waals surface area contributed by atoms with E-state index in [2.05, 4.69) is 4.74 Å². The van der Waals surface area contributed by atoms with Crippen LogP contribution in [0.4, 0.5) is 13.2 Å². The lowest BCUT2D eigenvalue weighted by Crippen LogP contribution is -2.21. The molecule has 0 unspecified atom stereocenters. The molecule has 1 rings (SSSR count). The number of primary sulfonamides is 1. The van der Waals surface area contributed by atoms with Crippen molar-refractivity contribution in [1.29, 1.82) is 0 Å². The van der Waals surface area contributed by atoms with Crippen molar-refractivity contribution in [3.8, 4) is 0 Å². The highest BCUT2D eigenvalue weighted by molar-refractivity contribution is 7.89. The number of carbonyl (C=O) groups is 1. The van der Waals surface area contributed by atoms with Crippen LogP contribution in [0.25, 0.3) is 0 Å². The van der Waals surface area contributed by atoms with Crippen molar-refractivity contribution in [3.05, 3.63) is 18.0 Å². The van der Waals surface area contributed by atoms with Gasteiger partial charge in [-0.15, -0.1) is 0 Å². The van der Waals surface area contributed by atoms with Gasteiger partial charge < -0.3 is 9.30 Å². The summed E-state index contributed by atoms with van der Waals surface area (Å²) in [4.78, 5) is 10.9. The van der Waals surface area contributed by atoms with Gasteiger partial charge in [0.2, 0.25) is 10.0 Å². The summed E-state index contributed by atoms with van der Waals surface area (Å²) in [5, 5.41) is 4.80. The van der Waals surface area contributed by atoms with Crippen LogP contribution in [0.3, 0.4) is 0 Å². The van der Waals surface area contributed by atoms with Gasteiger partial charge >= 0.3 is 12.1 Å². The molecule has 19 heavy (non-hydrogen) atoms. The van der Waals surface area contributed by atoms with Crippen molar-refractivity contribution < 1.29 is 31.1 Å². The Morgan fingerprint density at radius 1 is 1.47 bits per heavy atom. The van der Waals surface area contributed by atoms with Gasteiger partial charge in [0, 0.05) is 6.20 Å². The lowest BCUT2D eigenvalue weighted by atomic mass is 10.4. The Morgan fingerprint density at radius 3 is 2.47 bits per heavy atom. The maximum atomic E-state index is 12.3. The molecule has 0 saturated heterocycles. The highest BCUT2D eigenvalue weighted by atomic mass is 32.2. The van der Waals surface area contributed by atoms with Crippen LogP contribution in [0.2, 0.25) is 0 Å². The van der Waals surface area contributed by atoms with Crippen LogP contribution in [0.1, 0.15) is 17.4 Å². The standard InChI is InChI=1S/C9H11F3N2O4S/c1-2-18-8(15)7-3-6(19(13,16)17)4-14(7)5-9(10,11)12/h3-4H,2,5H2,1H3,(H2,13,16,17). The molecule has 0 spiro atoms. The van der Waals surface area contributed by atoms with Gasteiger partial charge in [0.25, 0.3) is 0 Å². The fourth-order valence-electron chi connectivity index (χ4n) is 1.34. The molecule has 1 heterocycles. The van der Waals surface area contributed by atoms with E-state index in [1.807, 2.05) is 0 Å². The van der Waals surface area contributed by atoms with Crippen LogP contribution in [-0.2, 0) is 21.3 Å². The van der Waals surface area contributed by atoms with E-state index in [1.165, 1.54) is 6.92 Å². The van der Waals surface area contributed by atoms with E-state index in [0.29, 0.717) is 10.8 Å². The number of hydrogen-bond donors (Lipinski definition) is 1. The maximum Gasteiger partial charge on any atom is 0.406 e. The van der Waals surface area contributed by atoms with Gasteiger partial charge in [0.05, 0.1) is 6.61 Å². The number of nitrogens with two attached hydrogens (primary N) is 1. The zero-order valence-corrected chi connectivity index (χ0v) is 10.6. The average molecular weight is 300 g/mol. The summed E-state index contributed by atoms with van der Waals surface area (Å²) in [6, 6.07) is 0.749. The van der Waals surface area contributed by atoms with Gasteiger partial charge in [-0.25, -0.2) is 18.4 Å². The van der Waals surface area contributed by atoms with Crippen LogP contribution in [0.15, 0.2) is 17.2 Å². The Bertz CT molecular complexity index is 577. The Balaban J connectivity index is 3.26. The zero-order chi connectivity index (χ0) is 14.8. The number of sulfonamides is 1. The Kier molecular flexibility index (Phi) is 4.25. The largest absolute Gasteiger partial charge is 0.461 e. The molecule has 0 fully saturated rings. The van der Waals surface area contributed by atoms with Crippen molar-refractivity contribution in [2.45, 2.75) is 24.5 Å². The van der Waals surface area contributed by atoms with E-state index in [9.17, 15) is 26.4 Å². The molecule has 0 atom stereocenters. The smallest absolute Gasteiger partial charge is 0.406 e. The van der Waals surface area contributed by atoms with Crippen LogP contribution in [0, 0.1) is 0 Å². The van der Waals surface area contributed by atoms with Crippen LogP contribution < -0.4 is 5.14 Å². The van der Waals surface area contributed by atoms with Crippen LogP contribution in [-0.4, -0.2) is 31.7 Å². The first-order valence-corrected chi connectivity index (χ1v) is 6.56. The fraction of sp³-hybridized carbons (Fsp3) is 0.444. The first-order valence-electron chi connectivity index (χ1n) is 5.01. The fourth-order valence-corrected chi connectivity index (χ4v) is 1.89. The van der Waals surface area contributed by atoms with E-state index in [1.54, 1.807) is 0 Å². The summed E-state index contributed by atoms with van der Waals surface area (Å²) < 4.78 is 64.1. The Morgan fingerprint density at radius 2 is 2.05 bits per heavy atom. The second kappa shape index (κ2) is 5.21.